The van der Waals surface area contributed by atoms with E-state index in [1.54, 1.807) is 0 Å². The van der Waals surface area contributed by atoms with Crippen LogP contribution in [0.1, 0.15) is 38.3 Å². The van der Waals surface area contributed by atoms with Crippen molar-refractivity contribution >= 4 is 6.09 Å². The van der Waals surface area contributed by atoms with Crippen molar-refractivity contribution < 1.29 is 19.4 Å². The molecule has 1 saturated heterocycles. The summed E-state index contributed by atoms with van der Waals surface area (Å²) in [5.74, 6) is 0.792. The van der Waals surface area contributed by atoms with Crippen LogP contribution in [0, 0.1) is 0 Å². The number of carbonyl (C=O) groups excluding carboxylic acids is 1. The second-order valence-corrected chi connectivity index (χ2v) is 7.11. The Labute approximate surface area is 130 Å². The predicted octanol–water partition coefficient (Wildman–Crippen LogP) is 2.45. The molecule has 1 N–H and O–H groups in total. The third-order valence-electron chi connectivity index (χ3n) is 3.99. The maximum Gasteiger partial charge on any atom is 0.410 e. The number of rotatable bonds is 1. The summed E-state index contributed by atoms with van der Waals surface area (Å²) >= 11 is 0. The highest BCUT2D eigenvalue weighted by Gasteiger charge is 2.48. The van der Waals surface area contributed by atoms with Gasteiger partial charge in [0.25, 0.3) is 0 Å². The first-order valence-corrected chi connectivity index (χ1v) is 7.74. The molecule has 3 rings (SSSR count). The van der Waals surface area contributed by atoms with Crippen molar-refractivity contribution in [3.63, 3.8) is 0 Å². The van der Waals surface area contributed by atoms with E-state index in [1.807, 2.05) is 39.0 Å². The number of aryl methyl sites for hydroxylation is 1. The Morgan fingerprint density at radius 1 is 1.36 bits per heavy atom. The van der Waals surface area contributed by atoms with Crippen LogP contribution in [0.3, 0.4) is 0 Å². The summed E-state index contributed by atoms with van der Waals surface area (Å²) in [5.41, 5.74) is 0.344. The van der Waals surface area contributed by atoms with Gasteiger partial charge in [-0.05, 0) is 39.2 Å². The van der Waals surface area contributed by atoms with Gasteiger partial charge in [0.15, 0.2) is 0 Å². The topological polar surface area (TPSA) is 59.0 Å². The molecule has 2 aliphatic rings. The van der Waals surface area contributed by atoms with Crippen LogP contribution in [0.15, 0.2) is 18.2 Å². The molecule has 5 heteroatoms. The summed E-state index contributed by atoms with van der Waals surface area (Å²) in [7, 11) is 0. The third-order valence-corrected chi connectivity index (χ3v) is 3.99. The van der Waals surface area contributed by atoms with Crippen LogP contribution in [0.4, 0.5) is 4.79 Å². The number of hydrogen-bond acceptors (Lipinski definition) is 4. The minimum absolute atomic E-state index is 0.238. The van der Waals surface area contributed by atoms with E-state index in [1.165, 1.54) is 4.90 Å². The third kappa shape index (κ3) is 2.77. The quantitative estimate of drug-likeness (QED) is 0.866. The van der Waals surface area contributed by atoms with Gasteiger partial charge in [-0.1, -0.05) is 18.2 Å². The van der Waals surface area contributed by atoms with Crippen LogP contribution in [-0.2, 0) is 16.8 Å². The smallest absolute Gasteiger partial charge is 0.410 e. The van der Waals surface area contributed by atoms with Gasteiger partial charge in [0.05, 0.1) is 19.7 Å². The van der Waals surface area contributed by atoms with Gasteiger partial charge in [0.2, 0.25) is 0 Å². The van der Waals surface area contributed by atoms with E-state index < -0.39 is 11.2 Å². The number of para-hydroxylation sites is 1. The van der Waals surface area contributed by atoms with Gasteiger partial charge < -0.3 is 19.5 Å². The Hall–Kier alpha value is -1.75. The summed E-state index contributed by atoms with van der Waals surface area (Å²) in [6.07, 6.45) is 1.58. The lowest BCUT2D eigenvalue weighted by Gasteiger charge is -2.47. The standard InChI is InChI=1S/C17H23NO4/c1-16(2,3)22-15(19)18-10-17(20,11-18)13-8-4-6-12-7-5-9-21-14(12)13/h4,6,8,20H,5,7,9-11H2,1-3H3. The van der Waals surface area contributed by atoms with E-state index in [0.29, 0.717) is 6.61 Å². The minimum Gasteiger partial charge on any atom is -0.493 e. The van der Waals surface area contributed by atoms with Crippen molar-refractivity contribution in [1.29, 1.82) is 0 Å². The Kier molecular flexibility index (Phi) is 3.56. The average molecular weight is 305 g/mol. The average Bonchev–Trinajstić information content (AvgIpc) is 2.41. The van der Waals surface area contributed by atoms with E-state index in [2.05, 4.69) is 0 Å². The fraction of sp³-hybridized carbons (Fsp3) is 0.588. The number of hydrogen-bond donors (Lipinski definition) is 1. The lowest BCUT2D eigenvalue weighted by Crippen LogP contribution is -2.62. The molecule has 120 valence electrons. The second-order valence-electron chi connectivity index (χ2n) is 7.11. The Balaban J connectivity index is 1.74. The molecule has 22 heavy (non-hydrogen) atoms. The lowest BCUT2D eigenvalue weighted by atomic mass is 9.84. The van der Waals surface area contributed by atoms with Crippen molar-refractivity contribution in [3.05, 3.63) is 29.3 Å². The van der Waals surface area contributed by atoms with Gasteiger partial charge >= 0.3 is 6.09 Å². The van der Waals surface area contributed by atoms with Gasteiger partial charge in [0.1, 0.15) is 17.0 Å². The molecule has 1 amide bonds. The Morgan fingerprint density at radius 2 is 2.09 bits per heavy atom. The molecule has 1 aromatic rings. The summed E-state index contributed by atoms with van der Waals surface area (Å²) in [6.45, 7) is 6.65. The first kappa shape index (κ1) is 15.2. The van der Waals surface area contributed by atoms with Crippen LogP contribution in [0.2, 0.25) is 0 Å². The van der Waals surface area contributed by atoms with E-state index >= 15 is 0 Å². The number of aliphatic hydroxyl groups is 1. The first-order chi connectivity index (χ1) is 10.3. The minimum atomic E-state index is -1.04. The SMILES string of the molecule is CC(C)(C)OC(=O)N1CC(O)(c2cccc3c2OCCC3)C1. The number of benzene rings is 1. The highest BCUT2D eigenvalue weighted by Crippen LogP contribution is 2.41. The largest absolute Gasteiger partial charge is 0.493 e. The number of β-amino-alcohol motifs (C(OH)–C–C–N with tert-alkyl or cyclic N) is 1. The number of likely N-dealkylation sites (tertiary alicyclic amines) is 1. The normalized spacial score (nSPS) is 19.7. The van der Waals surface area contributed by atoms with Crippen LogP contribution in [-0.4, -0.2) is 41.4 Å². The van der Waals surface area contributed by atoms with Crippen LogP contribution < -0.4 is 4.74 Å². The molecule has 0 aromatic heterocycles. The van der Waals surface area contributed by atoms with Gasteiger partial charge in [-0.15, -0.1) is 0 Å². The van der Waals surface area contributed by atoms with Crippen LogP contribution in [0.5, 0.6) is 5.75 Å². The van der Waals surface area contributed by atoms with Gasteiger partial charge in [0, 0.05) is 5.56 Å². The molecule has 2 aliphatic heterocycles. The van der Waals surface area contributed by atoms with Gasteiger partial charge in [-0.2, -0.15) is 0 Å². The molecular weight excluding hydrogens is 282 g/mol. The van der Waals surface area contributed by atoms with E-state index in [-0.39, 0.29) is 19.2 Å². The second kappa shape index (κ2) is 5.16. The maximum absolute atomic E-state index is 12.0. The van der Waals surface area contributed by atoms with Gasteiger partial charge in [-0.3, -0.25) is 0 Å². The number of carbonyl (C=O) groups is 1. The number of ether oxygens (including phenoxy) is 2. The predicted molar refractivity (Wildman–Crippen MR) is 82.0 cm³/mol. The van der Waals surface area contributed by atoms with Gasteiger partial charge in [-0.25, -0.2) is 4.79 Å². The Bertz CT molecular complexity index is 585. The molecule has 0 aliphatic carbocycles. The molecule has 1 aromatic carbocycles. The summed E-state index contributed by atoms with van der Waals surface area (Å²) in [4.78, 5) is 13.5. The van der Waals surface area contributed by atoms with Crippen molar-refractivity contribution in [3.8, 4) is 5.75 Å². The maximum atomic E-state index is 12.0. The zero-order chi connectivity index (χ0) is 16.0. The van der Waals surface area contributed by atoms with E-state index in [4.69, 9.17) is 9.47 Å². The summed E-state index contributed by atoms with van der Waals surface area (Å²) < 4.78 is 11.1. The molecule has 0 bridgehead atoms. The molecule has 0 atom stereocenters. The number of nitrogens with zero attached hydrogens (tertiary/aromatic N) is 1. The first-order valence-electron chi connectivity index (χ1n) is 7.74. The molecule has 1 fully saturated rings. The number of fused-ring (bicyclic) bond motifs is 1. The van der Waals surface area contributed by atoms with Crippen LogP contribution >= 0.6 is 0 Å². The Morgan fingerprint density at radius 3 is 2.77 bits per heavy atom. The molecule has 0 unspecified atom stereocenters. The van der Waals surface area contributed by atoms with Crippen LogP contribution in [0.25, 0.3) is 0 Å². The van der Waals surface area contributed by atoms with Crippen molar-refractivity contribution in [1.82, 2.24) is 4.90 Å². The zero-order valence-electron chi connectivity index (χ0n) is 13.4. The molecule has 2 heterocycles. The summed E-state index contributed by atoms with van der Waals surface area (Å²) in [5, 5.41) is 10.8. The monoisotopic (exact) mass is 305 g/mol. The van der Waals surface area contributed by atoms with Crippen molar-refractivity contribution in [2.75, 3.05) is 19.7 Å². The highest BCUT2D eigenvalue weighted by atomic mass is 16.6. The molecule has 5 nitrogen and oxygen atoms in total. The lowest BCUT2D eigenvalue weighted by molar-refractivity contribution is -0.104. The zero-order valence-corrected chi connectivity index (χ0v) is 13.4. The molecule has 0 saturated carbocycles. The van der Waals surface area contributed by atoms with Crippen molar-refractivity contribution in [2.45, 2.75) is 44.8 Å². The fourth-order valence-corrected chi connectivity index (χ4v) is 2.97. The highest BCUT2D eigenvalue weighted by molar-refractivity contribution is 5.70. The molecule has 0 spiro atoms. The molecular formula is C17H23NO4. The van der Waals surface area contributed by atoms with E-state index in [9.17, 15) is 9.90 Å². The summed E-state index contributed by atoms with van der Waals surface area (Å²) in [6, 6.07) is 5.86. The van der Waals surface area contributed by atoms with E-state index in [0.717, 1.165) is 29.7 Å². The number of amides is 1. The molecule has 0 radical (unpaired) electrons. The fourth-order valence-electron chi connectivity index (χ4n) is 2.97. The van der Waals surface area contributed by atoms with Crippen molar-refractivity contribution in [2.24, 2.45) is 0 Å².